The fraction of sp³-hybridized carbons (Fsp3) is 0.438. The molecule has 0 fully saturated rings. The minimum atomic E-state index is -0.492. The molecule has 1 aromatic carbocycles. The molecule has 0 aliphatic carbocycles. The highest BCUT2D eigenvalue weighted by atomic mass is 32.2. The Hall–Kier alpha value is -1.51. The molecule has 1 rings (SSSR count). The van der Waals surface area contributed by atoms with Crippen molar-refractivity contribution in [3.05, 3.63) is 35.1 Å². The Kier molecular flexibility index (Phi) is 7.27. The Morgan fingerprint density at radius 2 is 2.24 bits per heavy atom. The lowest BCUT2D eigenvalue weighted by molar-refractivity contribution is 0.0743. The lowest BCUT2D eigenvalue weighted by Gasteiger charge is -2.26. The van der Waals surface area contributed by atoms with Crippen molar-refractivity contribution >= 4 is 17.7 Å². The van der Waals surface area contributed by atoms with Gasteiger partial charge in [0.2, 0.25) is 0 Å². The van der Waals surface area contributed by atoms with Gasteiger partial charge in [-0.2, -0.15) is 11.8 Å². The van der Waals surface area contributed by atoms with Gasteiger partial charge in [0.05, 0.1) is 12.1 Å². The molecule has 1 unspecified atom stereocenters. The van der Waals surface area contributed by atoms with E-state index < -0.39 is 5.82 Å². The number of thioether (sulfide) groups is 1. The molecule has 1 amide bonds. The zero-order valence-corrected chi connectivity index (χ0v) is 13.5. The van der Waals surface area contributed by atoms with Crippen LogP contribution in [-0.2, 0) is 0 Å². The van der Waals surface area contributed by atoms with E-state index in [4.69, 9.17) is 5.73 Å². The predicted molar refractivity (Wildman–Crippen MR) is 86.9 cm³/mol. The normalized spacial score (nSPS) is 11.5. The standard InChI is InChI=1S/C16H21FN2OS/c1-4-14(11-21-3)19(2)16(20)13-8-7-12(6-5-9-18)15(17)10-13/h7-8,10,14H,4,9,11,18H2,1-3H3. The fourth-order valence-corrected chi connectivity index (χ4v) is 2.81. The molecular weight excluding hydrogens is 287 g/mol. The van der Waals surface area contributed by atoms with Gasteiger partial charge in [-0.1, -0.05) is 18.8 Å². The van der Waals surface area contributed by atoms with Crippen molar-refractivity contribution in [3.63, 3.8) is 0 Å². The van der Waals surface area contributed by atoms with E-state index in [-0.39, 0.29) is 24.1 Å². The Balaban J connectivity index is 2.95. The molecule has 2 N–H and O–H groups in total. The number of carbonyl (C=O) groups excluding carboxylic acids is 1. The third-order valence-corrected chi connectivity index (χ3v) is 3.96. The van der Waals surface area contributed by atoms with Gasteiger partial charge >= 0.3 is 0 Å². The zero-order chi connectivity index (χ0) is 15.8. The summed E-state index contributed by atoms with van der Waals surface area (Å²) < 4.78 is 13.9. The Bertz CT molecular complexity index is 551. The number of hydrogen-bond acceptors (Lipinski definition) is 3. The third kappa shape index (κ3) is 4.76. The van der Waals surface area contributed by atoms with Gasteiger partial charge in [-0.15, -0.1) is 0 Å². The van der Waals surface area contributed by atoms with Crippen LogP contribution in [0.3, 0.4) is 0 Å². The average molecular weight is 308 g/mol. The maximum atomic E-state index is 13.9. The molecule has 0 aliphatic heterocycles. The van der Waals surface area contributed by atoms with E-state index in [9.17, 15) is 9.18 Å². The van der Waals surface area contributed by atoms with Gasteiger partial charge in [-0.05, 0) is 30.9 Å². The van der Waals surface area contributed by atoms with Crippen molar-refractivity contribution < 1.29 is 9.18 Å². The van der Waals surface area contributed by atoms with E-state index >= 15 is 0 Å². The average Bonchev–Trinajstić information content (AvgIpc) is 2.50. The largest absolute Gasteiger partial charge is 0.338 e. The van der Waals surface area contributed by atoms with E-state index in [1.165, 1.54) is 12.1 Å². The number of halogens is 1. The van der Waals surface area contributed by atoms with E-state index in [0.717, 1.165) is 12.2 Å². The van der Waals surface area contributed by atoms with Gasteiger partial charge in [-0.25, -0.2) is 4.39 Å². The summed E-state index contributed by atoms with van der Waals surface area (Å²) in [5.41, 5.74) is 5.86. The van der Waals surface area contributed by atoms with Crippen LogP contribution < -0.4 is 5.73 Å². The van der Waals surface area contributed by atoms with Crippen LogP contribution in [0.25, 0.3) is 0 Å². The molecule has 0 aromatic heterocycles. The van der Waals surface area contributed by atoms with E-state index in [1.54, 1.807) is 29.8 Å². The second-order valence-electron chi connectivity index (χ2n) is 4.63. The van der Waals surface area contributed by atoms with E-state index in [0.29, 0.717) is 5.56 Å². The molecule has 0 aliphatic rings. The number of nitrogens with zero attached hydrogens (tertiary/aromatic N) is 1. The highest BCUT2D eigenvalue weighted by molar-refractivity contribution is 7.98. The number of hydrogen-bond donors (Lipinski definition) is 1. The van der Waals surface area contributed by atoms with Crippen LogP contribution >= 0.6 is 11.8 Å². The maximum absolute atomic E-state index is 13.9. The Labute approximate surface area is 130 Å². The maximum Gasteiger partial charge on any atom is 0.253 e. The summed E-state index contributed by atoms with van der Waals surface area (Å²) in [7, 11) is 1.76. The SMILES string of the molecule is CCC(CSC)N(C)C(=O)c1ccc(C#CCN)c(F)c1. The quantitative estimate of drug-likeness (QED) is 0.849. The predicted octanol–water partition coefficient (Wildman–Crippen LogP) is 2.35. The van der Waals surface area contributed by atoms with Crippen LogP contribution in [0, 0.1) is 17.7 Å². The third-order valence-electron chi connectivity index (χ3n) is 3.24. The molecule has 0 saturated carbocycles. The van der Waals surface area contributed by atoms with Crippen molar-refractivity contribution in [1.82, 2.24) is 4.90 Å². The monoisotopic (exact) mass is 308 g/mol. The lowest BCUT2D eigenvalue weighted by atomic mass is 10.1. The molecule has 1 atom stereocenters. The van der Waals surface area contributed by atoms with Crippen LogP contribution in [0.1, 0.15) is 29.3 Å². The minimum absolute atomic E-state index is 0.146. The molecule has 0 heterocycles. The summed E-state index contributed by atoms with van der Waals surface area (Å²) in [5, 5.41) is 0. The Morgan fingerprint density at radius 3 is 2.76 bits per heavy atom. The molecule has 5 heteroatoms. The van der Waals surface area contributed by atoms with Gasteiger partial charge in [0.15, 0.2) is 0 Å². The number of amides is 1. The summed E-state index contributed by atoms with van der Waals surface area (Å²) in [5.74, 6) is 5.44. The van der Waals surface area contributed by atoms with Crippen LogP contribution in [-0.4, -0.2) is 42.4 Å². The summed E-state index contributed by atoms with van der Waals surface area (Å²) >= 11 is 1.69. The first-order chi connectivity index (χ1) is 10.0. The van der Waals surface area contributed by atoms with Gasteiger partial charge in [-0.3, -0.25) is 4.79 Å². The molecule has 114 valence electrons. The topological polar surface area (TPSA) is 46.3 Å². The second kappa shape index (κ2) is 8.71. The molecule has 3 nitrogen and oxygen atoms in total. The van der Waals surface area contributed by atoms with E-state index in [1.807, 2.05) is 13.2 Å². The van der Waals surface area contributed by atoms with Crippen molar-refractivity contribution in [2.24, 2.45) is 5.73 Å². The molecule has 0 radical (unpaired) electrons. The number of carbonyl (C=O) groups is 1. The smallest absolute Gasteiger partial charge is 0.253 e. The highest BCUT2D eigenvalue weighted by Crippen LogP contribution is 2.15. The van der Waals surface area contributed by atoms with Gasteiger partial charge in [0, 0.05) is 24.4 Å². The molecule has 21 heavy (non-hydrogen) atoms. The number of nitrogens with two attached hydrogens (primary N) is 1. The molecule has 0 bridgehead atoms. The first-order valence-electron chi connectivity index (χ1n) is 6.79. The summed E-state index contributed by atoms with van der Waals surface area (Å²) in [6, 6.07) is 4.51. The van der Waals surface area contributed by atoms with Crippen LogP contribution in [0.5, 0.6) is 0 Å². The zero-order valence-electron chi connectivity index (χ0n) is 12.6. The van der Waals surface area contributed by atoms with Crippen LogP contribution in [0.2, 0.25) is 0 Å². The van der Waals surface area contributed by atoms with Gasteiger partial charge in [0.1, 0.15) is 5.82 Å². The second-order valence-corrected chi connectivity index (χ2v) is 5.54. The minimum Gasteiger partial charge on any atom is -0.338 e. The van der Waals surface area contributed by atoms with Gasteiger partial charge < -0.3 is 10.6 Å². The van der Waals surface area contributed by atoms with Gasteiger partial charge in [0.25, 0.3) is 5.91 Å². The van der Waals surface area contributed by atoms with Crippen molar-refractivity contribution in [1.29, 1.82) is 0 Å². The first-order valence-corrected chi connectivity index (χ1v) is 8.19. The van der Waals surface area contributed by atoms with E-state index in [2.05, 4.69) is 11.8 Å². The summed E-state index contributed by atoms with van der Waals surface area (Å²) in [6.45, 7) is 2.21. The molecule has 0 saturated heterocycles. The molecular formula is C16H21FN2OS. The van der Waals surface area contributed by atoms with Crippen molar-refractivity contribution in [3.8, 4) is 11.8 Å². The fourth-order valence-electron chi connectivity index (χ4n) is 1.96. The van der Waals surface area contributed by atoms with Crippen molar-refractivity contribution in [2.45, 2.75) is 19.4 Å². The highest BCUT2D eigenvalue weighted by Gasteiger charge is 2.20. The van der Waals surface area contributed by atoms with Crippen LogP contribution in [0.4, 0.5) is 4.39 Å². The number of rotatable bonds is 5. The summed E-state index contributed by atoms with van der Waals surface area (Å²) in [6.07, 6.45) is 2.87. The Morgan fingerprint density at radius 1 is 1.52 bits per heavy atom. The summed E-state index contributed by atoms with van der Waals surface area (Å²) in [4.78, 5) is 14.1. The molecule has 0 spiro atoms. The van der Waals surface area contributed by atoms with Crippen molar-refractivity contribution in [2.75, 3.05) is 25.6 Å². The first kappa shape index (κ1) is 17.5. The molecule has 1 aromatic rings. The lowest BCUT2D eigenvalue weighted by Crippen LogP contribution is -2.38. The van der Waals surface area contributed by atoms with Crippen LogP contribution in [0.15, 0.2) is 18.2 Å². The number of benzene rings is 1.